The molecule has 0 bridgehead atoms. The van der Waals surface area contributed by atoms with E-state index in [0.717, 1.165) is 12.2 Å². The van der Waals surface area contributed by atoms with Crippen LogP contribution in [-0.2, 0) is 16.6 Å². The van der Waals surface area contributed by atoms with Crippen molar-refractivity contribution in [3.8, 4) is 0 Å². The SMILES string of the molecule is Cc1oc(CO)cc1S(=O)(=O)N1CCSC(C)(C)CC1. The molecule has 0 amide bonds. The van der Waals surface area contributed by atoms with Gasteiger partial charge in [-0.1, -0.05) is 13.8 Å². The van der Waals surface area contributed by atoms with Gasteiger partial charge in [-0.25, -0.2) is 8.42 Å². The first kappa shape index (κ1) is 15.9. The molecule has 0 saturated carbocycles. The molecule has 0 atom stereocenters. The van der Waals surface area contributed by atoms with E-state index in [2.05, 4.69) is 13.8 Å². The number of furan rings is 1. The number of hydrogen-bond donors (Lipinski definition) is 1. The van der Waals surface area contributed by atoms with Gasteiger partial charge in [0.25, 0.3) is 0 Å². The lowest BCUT2D eigenvalue weighted by atomic mass is 10.1. The van der Waals surface area contributed by atoms with Gasteiger partial charge >= 0.3 is 0 Å². The van der Waals surface area contributed by atoms with Gasteiger partial charge in [0.05, 0.1) is 0 Å². The van der Waals surface area contributed by atoms with E-state index >= 15 is 0 Å². The maximum Gasteiger partial charge on any atom is 0.246 e. The van der Waals surface area contributed by atoms with E-state index in [1.807, 2.05) is 0 Å². The highest BCUT2D eigenvalue weighted by molar-refractivity contribution is 8.00. The molecule has 2 rings (SSSR count). The first-order valence-corrected chi connectivity index (χ1v) is 9.03. The standard InChI is InChI=1S/C13H21NO4S2/c1-10-12(8-11(9-15)18-10)20(16,17)14-5-4-13(2,3)19-7-6-14/h8,15H,4-7,9H2,1-3H3. The molecule has 0 aliphatic carbocycles. The van der Waals surface area contributed by atoms with Gasteiger partial charge in [-0.15, -0.1) is 0 Å². The van der Waals surface area contributed by atoms with Crippen LogP contribution in [-0.4, -0.2) is 41.4 Å². The molecule has 1 aliphatic rings. The van der Waals surface area contributed by atoms with Crippen molar-refractivity contribution in [1.82, 2.24) is 4.31 Å². The Bertz CT molecular complexity index is 577. The summed E-state index contributed by atoms with van der Waals surface area (Å²) in [4.78, 5) is 0.172. The number of thioether (sulfide) groups is 1. The van der Waals surface area contributed by atoms with Crippen LogP contribution >= 0.6 is 11.8 Å². The van der Waals surface area contributed by atoms with Gasteiger partial charge < -0.3 is 9.52 Å². The molecule has 0 radical (unpaired) electrons. The third-order valence-corrected chi connectivity index (χ3v) is 6.87. The second-order valence-electron chi connectivity index (χ2n) is 5.55. The number of hydrogen-bond acceptors (Lipinski definition) is 5. The minimum Gasteiger partial charge on any atom is -0.462 e. The maximum absolute atomic E-state index is 12.7. The monoisotopic (exact) mass is 319 g/mol. The Morgan fingerprint density at radius 2 is 2.15 bits per heavy atom. The van der Waals surface area contributed by atoms with Crippen LogP contribution in [0.25, 0.3) is 0 Å². The predicted molar refractivity (Wildman–Crippen MR) is 79.3 cm³/mol. The highest BCUT2D eigenvalue weighted by atomic mass is 32.2. The smallest absolute Gasteiger partial charge is 0.246 e. The second-order valence-corrected chi connectivity index (χ2v) is 9.26. The fraction of sp³-hybridized carbons (Fsp3) is 0.692. The van der Waals surface area contributed by atoms with Gasteiger partial charge in [0.1, 0.15) is 23.0 Å². The fourth-order valence-electron chi connectivity index (χ4n) is 2.24. The van der Waals surface area contributed by atoms with Crippen LogP contribution in [0.3, 0.4) is 0 Å². The summed E-state index contributed by atoms with van der Waals surface area (Å²) >= 11 is 1.80. The zero-order valence-electron chi connectivity index (χ0n) is 12.0. The zero-order valence-corrected chi connectivity index (χ0v) is 13.7. The zero-order chi connectivity index (χ0) is 15.0. The lowest BCUT2D eigenvalue weighted by molar-refractivity contribution is 0.244. The number of aliphatic hydroxyl groups is 1. The van der Waals surface area contributed by atoms with Gasteiger partial charge in [0.15, 0.2) is 0 Å². The van der Waals surface area contributed by atoms with Gasteiger partial charge in [-0.2, -0.15) is 16.1 Å². The molecule has 114 valence electrons. The molecule has 0 aromatic carbocycles. The van der Waals surface area contributed by atoms with Crippen molar-refractivity contribution in [2.45, 2.75) is 43.4 Å². The molecule has 1 fully saturated rings. The van der Waals surface area contributed by atoms with E-state index in [0.29, 0.717) is 18.8 Å². The fourth-order valence-corrected chi connectivity index (χ4v) is 5.08. The molecule has 0 unspecified atom stereocenters. The van der Waals surface area contributed by atoms with Crippen molar-refractivity contribution in [1.29, 1.82) is 0 Å². The summed E-state index contributed by atoms with van der Waals surface area (Å²) in [5.41, 5.74) is 0. The third kappa shape index (κ3) is 3.21. The van der Waals surface area contributed by atoms with Crippen molar-refractivity contribution < 1.29 is 17.9 Å². The summed E-state index contributed by atoms with van der Waals surface area (Å²) in [6.45, 7) is 6.63. The summed E-state index contributed by atoms with van der Waals surface area (Å²) in [6.07, 6.45) is 0.820. The molecule has 1 aromatic heterocycles. The normalized spacial score (nSPS) is 20.8. The maximum atomic E-state index is 12.7. The van der Waals surface area contributed by atoms with Crippen molar-refractivity contribution in [2.75, 3.05) is 18.8 Å². The first-order valence-electron chi connectivity index (χ1n) is 6.60. The molecule has 20 heavy (non-hydrogen) atoms. The van der Waals surface area contributed by atoms with Gasteiger partial charge in [-0.3, -0.25) is 0 Å². The van der Waals surface area contributed by atoms with Crippen LogP contribution in [0.15, 0.2) is 15.4 Å². The molecule has 7 heteroatoms. The Hall–Kier alpha value is -0.500. The van der Waals surface area contributed by atoms with E-state index in [9.17, 15) is 8.42 Å². The Morgan fingerprint density at radius 1 is 1.45 bits per heavy atom. The minimum absolute atomic E-state index is 0.103. The van der Waals surface area contributed by atoms with Crippen LogP contribution < -0.4 is 0 Å². The van der Waals surface area contributed by atoms with Gasteiger partial charge in [0, 0.05) is 29.7 Å². The molecule has 1 N–H and O–H groups in total. The van der Waals surface area contributed by atoms with E-state index in [-0.39, 0.29) is 22.0 Å². The summed E-state index contributed by atoms with van der Waals surface area (Å²) in [5, 5.41) is 9.06. The van der Waals surface area contributed by atoms with Crippen LogP contribution in [0.4, 0.5) is 0 Å². The Balaban J connectivity index is 2.28. The Labute approximate surface area is 124 Å². The van der Waals surface area contributed by atoms with E-state index < -0.39 is 10.0 Å². The van der Waals surface area contributed by atoms with Crippen molar-refractivity contribution in [3.05, 3.63) is 17.6 Å². The molecule has 5 nitrogen and oxygen atoms in total. The summed E-state index contributed by atoms with van der Waals surface area (Å²) in [5.74, 6) is 1.41. The average molecular weight is 319 g/mol. The lowest BCUT2D eigenvalue weighted by Gasteiger charge is -2.22. The van der Waals surface area contributed by atoms with Crippen LogP contribution in [0.1, 0.15) is 31.8 Å². The van der Waals surface area contributed by atoms with Crippen molar-refractivity contribution in [3.63, 3.8) is 0 Å². The average Bonchev–Trinajstić information content (AvgIpc) is 2.64. The van der Waals surface area contributed by atoms with Crippen LogP contribution in [0.5, 0.6) is 0 Å². The van der Waals surface area contributed by atoms with Crippen molar-refractivity contribution >= 4 is 21.8 Å². The molecular weight excluding hydrogens is 298 g/mol. The Morgan fingerprint density at radius 3 is 2.75 bits per heavy atom. The molecule has 0 spiro atoms. The summed E-state index contributed by atoms with van der Waals surface area (Å²) in [7, 11) is -3.54. The topological polar surface area (TPSA) is 70.8 Å². The molecule has 1 aliphatic heterocycles. The van der Waals surface area contributed by atoms with Gasteiger partial charge in [0.2, 0.25) is 10.0 Å². The third-order valence-electron chi connectivity index (χ3n) is 3.49. The first-order chi connectivity index (χ1) is 9.26. The van der Waals surface area contributed by atoms with E-state index in [1.165, 1.54) is 10.4 Å². The molecule has 1 aromatic rings. The number of nitrogens with zero attached hydrogens (tertiary/aromatic N) is 1. The highest BCUT2D eigenvalue weighted by Gasteiger charge is 2.32. The van der Waals surface area contributed by atoms with Crippen LogP contribution in [0.2, 0.25) is 0 Å². The number of aryl methyl sites for hydroxylation is 1. The summed E-state index contributed by atoms with van der Waals surface area (Å²) < 4.78 is 32.2. The second kappa shape index (κ2) is 5.71. The molecule has 1 saturated heterocycles. The lowest BCUT2D eigenvalue weighted by Crippen LogP contribution is -2.33. The highest BCUT2D eigenvalue weighted by Crippen LogP contribution is 2.33. The number of rotatable bonds is 3. The van der Waals surface area contributed by atoms with Crippen LogP contribution in [0, 0.1) is 6.92 Å². The summed E-state index contributed by atoms with van der Waals surface area (Å²) in [6, 6.07) is 1.42. The Kier molecular flexibility index (Phi) is 4.53. The van der Waals surface area contributed by atoms with Crippen molar-refractivity contribution in [2.24, 2.45) is 0 Å². The van der Waals surface area contributed by atoms with Gasteiger partial charge in [-0.05, 0) is 13.3 Å². The molecule has 2 heterocycles. The van der Waals surface area contributed by atoms with E-state index in [4.69, 9.17) is 9.52 Å². The molecular formula is C13H21NO4S2. The predicted octanol–water partition coefficient (Wildman–Crippen LogP) is 1.99. The number of aliphatic hydroxyl groups excluding tert-OH is 1. The largest absolute Gasteiger partial charge is 0.462 e. The number of sulfonamides is 1. The minimum atomic E-state index is -3.54. The van der Waals surface area contributed by atoms with E-state index in [1.54, 1.807) is 18.7 Å². The quantitative estimate of drug-likeness (QED) is 0.922.